The number of benzene rings is 1. The summed E-state index contributed by atoms with van der Waals surface area (Å²) in [6, 6.07) is 7.70. The van der Waals surface area contributed by atoms with Crippen molar-refractivity contribution in [2.24, 2.45) is 0 Å². The Hall–Kier alpha value is -1.88. The fourth-order valence-corrected chi connectivity index (χ4v) is 4.15. The first-order chi connectivity index (χ1) is 10.5. The first-order valence-corrected chi connectivity index (χ1v) is 8.42. The summed E-state index contributed by atoms with van der Waals surface area (Å²) in [5.41, 5.74) is 8.60. The maximum Gasteiger partial charge on any atom is 0.227 e. The third-order valence-electron chi connectivity index (χ3n) is 4.22. The van der Waals surface area contributed by atoms with Crippen LogP contribution in [0.3, 0.4) is 0 Å². The molecule has 0 bridgehead atoms. The first kappa shape index (κ1) is 15.0. The van der Waals surface area contributed by atoms with Crippen molar-refractivity contribution in [2.45, 2.75) is 38.6 Å². The lowest BCUT2D eigenvalue weighted by atomic mass is 9.96. The van der Waals surface area contributed by atoms with Gasteiger partial charge in [0.15, 0.2) is 0 Å². The number of rotatable bonds is 3. The number of aryl methyl sites for hydroxylation is 2. The van der Waals surface area contributed by atoms with Crippen molar-refractivity contribution in [1.82, 2.24) is 9.88 Å². The van der Waals surface area contributed by atoms with Gasteiger partial charge < -0.3 is 10.6 Å². The van der Waals surface area contributed by atoms with Gasteiger partial charge in [-0.2, -0.15) is 0 Å². The van der Waals surface area contributed by atoms with Crippen LogP contribution >= 0.6 is 11.3 Å². The van der Waals surface area contributed by atoms with Gasteiger partial charge in [0.25, 0.3) is 0 Å². The number of hydrogen-bond donors (Lipinski definition) is 1. The summed E-state index contributed by atoms with van der Waals surface area (Å²) < 4.78 is 0. The maximum atomic E-state index is 12.6. The third-order valence-corrected chi connectivity index (χ3v) is 5.34. The van der Waals surface area contributed by atoms with E-state index < -0.39 is 0 Å². The molecule has 1 heterocycles. The van der Waals surface area contributed by atoms with Gasteiger partial charge in [-0.3, -0.25) is 4.79 Å². The summed E-state index contributed by atoms with van der Waals surface area (Å²) in [6.45, 7) is 2.04. The molecule has 0 saturated carbocycles. The van der Waals surface area contributed by atoms with Gasteiger partial charge >= 0.3 is 0 Å². The lowest BCUT2D eigenvalue weighted by molar-refractivity contribution is -0.131. The molecule has 0 spiro atoms. The average Bonchev–Trinajstić information content (AvgIpc) is 2.88. The van der Waals surface area contributed by atoms with E-state index in [9.17, 15) is 4.79 Å². The van der Waals surface area contributed by atoms with Gasteiger partial charge in [-0.05, 0) is 43.9 Å². The Morgan fingerprint density at radius 2 is 2.14 bits per heavy atom. The van der Waals surface area contributed by atoms with Gasteiger partial charge in [0, 0.05) is 12.7 Å². The van der Waals surface area contributed by atoms with Gasteiger partial charge in [-0.15, -0.1) is 11.3 Å². The van der Waals surface area contributed by atoms with Crippen molar-refractivity contribution in [3.05, 3.63) is 45.4 Å². The highest BCUT2D eigenvalue weighted by Gasteiger charge is 2.29. The van der Waals surface area contributed by atoms with Crippen LogP contribution in [0.15, 0.2) is 24.3 Å². The van der Waals surface area contributed by atoms with Gasteiger partial charge in [0.05, 0.1) is 28.0 Å². The van der Waals surface area contributed by atoms with Crippen LogP contribution in [0.25, 0.3) is 0 Å². The van der Waals surface area contributed by atoms with Crippen LogP contribution in [0.1, 0.15) is 40.0 Å². The highest BCUT2D eigenvalue weighted by molar-refractivity contribution is 7.11. The molecule has 5 heteroatoms. The number of thiazole rings is 1. The number of nitrogen functional groups attached to an aromatic ring is 1. The van der Waals surface area contributed by atoms with E-state index >= 15 is 0 Å². The largest absolute Gasteiger partial charge is 0.399 e. The summed E-state index contributed by atoms with van der Waals surface area (Å²) >= 11 is 1.73. The van der Waals surface area contributed by atoms with Crippen molar-refractivity contribution in [2.75, 3.05) is 12.8 Å². The molecule has 1 aliphatic rings. The second kappa shape index (κ2) is 6.08. The number of nitrogens with two attached hydrogens (primary N) is 1. The number of fused-ring (bicyclic) bond motifs is 1. The Balaban J connectivity index is 1.75. The highest BCUT2D eigenvalue weighted by Crippen LogP contribution is 2.37. The summed E-state index contributed by atoms with van der Waals surface area (Å²) in [4.78, 5) is 20.4. The SMILES string of the molecule is Cc1nc2c(s1)C(N(C)C(=O)Cc1ccc(N)cc1)CCC2. The van der Waals surface area contributed by atoms with Crippen LogP contribution in [-0.2, 0) is 17.6 Å². The van der Waals surface area contributed by atoms with E-state index in [1.165, 1.54) is 10.6 Å². The minimum atomic E-state index is 0.147. The van der Waals surface area contributed by atoms with Crippen molar-refractivity contribution in [1.29, 1.82) is 0 Å². The zero-order valence-corrected chi connectivity index (χ0v) is 13.8. The number of nitrogens with zero attached hydrogens (tertiary/aromatic N) is 2. The van der Waals surface area contributed by atoms with Gasteiger partial charge in [0.2, 0.25) is 5.91 Å². The van der Waals surface area contributed by atoms with Crippen LogP contribution in [0.4, 0.5) is 5.69 Å². The van der Waals surface area contributed by atoms with Crippen molar-refractivity contribution in [3.63, 3.8) is 0 Å². The maximum absolute atomic E-state index is 12.6. The van der Waals surface area contributed by atoms with Crippen LogP contribution in [0.2, 0.25) is 0 Å². The van der Waals surface area contributed by atoms with Crippen LogP contribution in [-0.4, -0.2) is 22.8 Å². The minimum absolute atomic E-state index is 0.147. The Morgan fingerprint density at radius 3 is 2.86 bits per heavy atom. The van der Waals surface area contributed by atoms with Gasteiger partial charge in [-0.25, -0.2) is 4.98 Å². The lowest BCUT2D eigenvalue weighted by Crippen LogP contribution is -2.33. The van der Waals surface area contributed by atoms with E-state index in [0.29, 0.717) is 6.42 Å². The van der Waals surface area contributed by atoms with E-state index in [0.717, 1.165) is 35.5 Å². The number of anilines is 1. The third kappa shape index (κ3) is 2.99. The number of carbonyl (C=O) groups is 1. The number of amides is 1. The molecule has 0 aliphatic heterocycles. The number of hydrogen-bond acceptors (Lipinski definition) is 4. The standard InChI is InChI=1S/C17H21N3OS/c1-11-19-14-4-3-5-15(17(14)22-11)20(2)16(21)10-12-6-8-13(18)9-7-12/h6-9,15H,3-5,10,18H2,1-2H3. The molecule has 1 amide bonds. The average molecular weight is 315 g/mol. The number of carbonyl (C=O) groups excluding carboxylic acids is 1. The fraction of sp³-hybridized carbons (Fsp3) is 0.412. The van der Waals surface area contributed by atoms with E-state index in [2.05, 4.69) is 4.98 Å². The highest BCUT2D eigenvalue weighted by atomic mass is 32.1. The Labute approximate surface area is 135 Å². The summed E-state index contributed by atoms with van der Waals surface area (Å²) in [5.74, 6) is 0.147. The second-order valence-corrected chi connectivity index (χ2v) is 7.11. The molecular formula is C17H21N3OS. The molecule has 1 atom stereocenters. The Bertz CT molecular complexity index is 678. The number of aromatic nitrogens is 1. The molecule has 3 rings (SSSR count). The monoisotopic (exact) mass is 315 g/mol. The molecule has 2 aromatic rings. The number of likely N-dealkylation sites (N-methyl/N-ethyl adjacent to an activating group) is 1. The molecule has 4 nitrogen and oxygen atoms in total. The molecule has 0 fully saturated rings. The van der Waals surface area contributed by atoms with Gasteiger partial charge in [0.1, 0.15) is 0 Å². The molecule has 1 aromatic heterocycles. The summed E-state index contributed by atoms with van der Waals surface area (Å²) in [6.07, 6.45) is 3.58. The predicted octanol–water partition coefficient (Wildman–Crippen LogP) is 3.11. The normalized spacial score (nSPS) is 17.1. The molecule has 2 N–H and O–H groups in total. The summed E-state index contributed by atoms with van der Waals surface area (Å²) in [7, 11) is 1.91. The molecule has 1 aliphatic carbocycles. The van der Waals surface area contributed by atoms with Crippen LogP contribution in [0, 0.1) is 6.92 Å². The van der Waals surface area contributed by atoms with E-state index in [1.807, 2.05) is 43.1 Å². The van der Waals surface area contributed by atoms with Crippen LogP contribution in [0.5, 0.6) is 0 Å². The van der Waals surface area contributed by atoms with E-state index in [4.69, 9.17) is 5.73 Å². The Kier molecular flexibility index (Phi) is 4.16. The second-order valence-electron chi connectivity index (χ2n) is 5.87. The first-order valence-electron chi connectivity index (χ1n) is 7.61. The smallest absolute Gasteiger partial charge is 0.227 e. The molecule has 1 unspecified atom stereocenters. The topological polar surface area (TPSA) is 59.2 Å². The zero-order valence-electron chi connectivity index (χ0n) is 13.0. The van der Waals surface area contributed by atoms with Gasteiger partial charge in [-0.1, -0.05) is 12.1 Å². The molecule has 1 aromatic carbocycles. The van der Waals surface area contributed by atoms with Crippen molar-refractivity contribution in [3.8, 4) is 0 Å². The minimum Gasteiger partial charge on any atom is -0.399 e. The van der Waals surface area contributed by atoms with E-state index in [1.54, 1.807) is 11.3 Å². The van der Waals surface area contributed by atoms with Crippen LogP contribution < -0.4 is 5.73 Å². The van der Waals surface area contributed by atoms with Crippen molar-refractivity contribution >= 4 is 22.9 Å². The lowest BCUT2D eigenvalue weighted by Gasteiger charge is -2.30. The molecule has 116 valence electrons. The molecule has 0 radical (unpaired) electrons. The Morgan fingerprint density at radius 1 is 1.41 bits per heavy atom. The molecule has 0 saturated heterocycles. The fourth-order valence-electron chi connectivity index (χ4n) is 3.00. The van der Waals surface area contributed by atoms with Crippen molar-refractivity contribution < 1.29 is 4.79 Å². The van der Waals surface area contributed by atoms with E-state index in [-0.39, 0.29) is 11.9 Å². The molecule has 22 heavy (non-hydrogen) atoms. The quantitative estimate of drug-likeness (QED) is 0.885. The zero-order chi connectivity index (χ0) is 15.7. The predicted molar refractivity (Wildman–Crippen MR) is 89.9 cm³/mol. The molecular weight excluding hydrogens is 294 g/mol. The summed E-state index contributed by atoms with van der Waals surface area (Å²) in [5, 5.41) is 1.09.